The van der Waals surface area contributed by atoms with E-state index in [1.807, 2.05) is 60.4 Å². The number of carbonyl (C=O) groups excluding carboxylic acids is 1. The molecule has 0 radical (unpaired) electrons. The predicted molar refractivity (Wildman–Crippen MR) is 86.5 cm³/mol. The number of para-hydroxylation sites is 1. The molecule has 0 spiro atoms. The number of hydrogen-bond acceptors (Lipinski definition) is 3. The zero-order valence-corrected chi connectivity index (χ0v) is 12.7. The number of ether oxygens (including phenoxy) is 1. The minimum absolute atomic E-state index is 0.102. The van der Waals surface area contributed by atoms with Crippen molar-refractivity contribution in [3.63, 3.8) is 0 Å². The second-order valence-electron chi connectivity index (χ2n) is 5.43. The molecule has 22 heavy (non-hydrogen) atoms. The van der Waals surface area contributed by atoms with E-state index in [1.165, 1.54) is 0 Å². The molecule has 1 heterocycles. The highest BCUT2D eigenvalue weighted by Crippen LogP contribution is 2.24. The second kappa shape index (κ2) is 6.62. The monoisotopic (exact) mass is 296 g/mol. The lowest BCUT2D eigenvalue weighted by Gasteiger charge is -2.28. The summed E-state index contributed by atoms with van der Waals surface area (Å²) in [5.41, 5.74) is 1.69. The van der Waals surface area contributed by atoms with Crippen LogP contribution in [0, 0.1) is 6.92 Å². The van der Waals surface area contributed by atoms with Crippen molar-refractivity contribution in [1.29, 1.82) is 0 Å². The largest absolute Gasteiger partial charge is 0.457 e. The number of nitrogens with one attached hydrogen (secondary N) is 1. The third-order valence-electron chi connectivity index (χ3n) is 3.81. The normalized spacial score (nSPS) is 14.7. The van der Waals surface area contributed by atoms with Crippen molar-refractivity contribution in [1.82, 2.24) is 10.2 Å². The molecule has 1 amide bonds. The molecule has 0 bridgehead atoms. The summed E-state index contributed by atoms with van der Waals surface area (Å²) in [5, 5.41) is 3.26. The third kappa shape index (κ3) is 3.28. The summed E-state index contributed by atoms with van der Waals surface area (Å²) in [6, 6.07) is 15.3. The molecule has 2 aromatic carbocycles. The first-order chi connectivity index (χ1) is 10.7. The van der Waals surface area contributed by atoms with Crippen LogP contribution in [0.4, 0.5) is 0 Å². The molecule has 1 aliphatic heterocycles. The molecule has 4 heteroatoms. The Morgan fingerprint density at radius 1 is 1.05 bits per heavy atom. The van der Waals surface area contributed by atoms with Crippen molar-refractivity contribution in [2.75, 3.05) is 26.2 Å². The number of piperazine rings is 1. The number of aryl methyl sites for hydroxylation is 1. The molecule has 0 aromatic heterocycles. The van der Waals surface area contributed by atoms with Crippen molar-refractivity contribution in [2.24, 2.45) is 0 Å². The van der Waals surface area contributed by atoms with E-state index in [0.717, 1.165) is 48.8 Å². The van der Waals surface area contributed by atoms with Gasteiger partial charge in [0.2, 0.25) is 0 Å². The van der Waals surface area contributed by atoms with E-state index in [0.29, 0.717) is 0 Å². The summed E-state index contributed by atoms with van der Waals surface area (Å²) < 4.78 is 5.80. The molecule has 3 rings (SSSR count). The van der Waals surface area contributed by atoms with Gasteiger partial charge >= 0.3 is 0 Å². The first-order valence-electron chi connectivity index (χ1n) is 7.57. The van der Waals surface area contributed by atoms with Gasteiger partial charge < -0.3 is 15.0 Å². The summed E-state index contributed by atoms with van der Waals surface area (Å²) in [7, 11) is 0. The summed E-state index contributed by atoms with van der Waals surface area (Å²) >= 11 is 0. The molecular formula is C18H20N2O2. The first-order valence-corrected chi connectivity index (χ1v) is 7.57. The Morgan fingerprint density at radius 3 is 2.45 bits per heavy atom. The minimum atomic E-state index is 0.102. The van der Waals surface area contributed by atoms with E-state index >= 15 is 0 Å². The summed E-state index contributed by atoms with van der Waals surface area (Å²) in [4.78, 5) is 14.4. The fraction of sp³-hybridized carbons (Fsp3) is 0.278. The lowest BCUT2D eigenvalue weighted by Crippen LogP contribution is -2.46. The topological polar surface area (TPSA) is 41.6 Å². The minimum Gasteiger partial charge on any atom is -0.457 e. The average Bonchev–Trinajstić information content (AvgIpc) is 2.56. The zero-order chi connectivity index (χ0) is 15.4. The highest BCUT2D eigenvalue weighted by atomic mass is 16.5. The SMILES string of the molecule is Cc1cc(Oc2ccccc2)ccc1C(=O)N1CCNCC1. The van der Waals surface area contributed by atoms with Gasteiger partial charge in [-0.05, 0) is 42.8 Å². The quantitative estimate of drug-likeness (QED) is 0.947. The lowest BCUT2D eigenvalue weighted by molar-refractivity contribution is 0.0735. The molecule has 114 valence electrons. The summed E-state index contributed by atoms with van der Waals surface area (Å²) in [5.74, 6) is 1.65. The van der Waals surface area contributed by atoms with Gasteiger partial charge in [0.05, 0.1) is 0 Å². The number of rotatable bonds is 3. The zero-order valence-electron chi connectivity index (χ0n) is 12.7. The van der Waals surface area contributed by atoms with Gasteiger partial charge in [-0.25, -0.2) is 0 Å². The molecule has 0 unspecified atom stereocenters. The van der Waals surface area contributed by atoms with Crippen LogP contribution >= 0.6 is 0 Å². The van der Waals surface area contributed by atoms with E-state index in [9.17, 15) is 4.79 Å². The van der Waals surface area contributed by atoms with Crippen LogP contribution in [0.1, 0.15) is 15.9 Å². The van der Waals surface area contributed by atoms with Crippen molar-refractivity contribution in [3.05, 3.63) is 59.7 Å². The highest BCUT2D eigenvalue weighted by molar-refractivity contribution is 5.95. The van der Waals surface area contributed by atoms with Crippen LogP contribution in [0.5, 0.6) is 11.5 Å². The van der Waals surface area contributed by atoms with Crippen molar-refractivity contribution >= 4 is 5.91 Å². The molecule has 1 saturated heterocycles. The van der Waals surface area contributed by atoms with Crippen LogP contribution in [-0.4, -0.2) is 37.0 Å². The van der Waals surface area contributed by atoms with Crippen LogP contribution in [0.3, 0.4) is 0 Å². The molecule has 1 fully saturated rings. The number of carbonyl (C=O) groups is 1. The molecule has 1 N–H and O–H groups in total. The van der Waals surface area contributed by atoms with Crippen molar-refractivity contribution < 1.29 is 9.53 Å². The van der Waals surface area contributed by atoms with Crippen LogP contribution in [0.2, 0.25) is 0 Å². The van der Waals surface area contributed by atoms with Gasteiger partial charge in [0.1, 0.15) is 11.5 Å². The Morgan fingerprint density at radius 2 is 1.77 bits per heavy atom. The van der Waals surface area contributed by atoms with E-state index < -0.39 is 0 Å². The number of amides is 1. The highest BCUT2D eigenvalue weighted by Gasteiger charge is 2.19. The molecule has 2 aromatic rings. The second-order valence-corrected chi connectivity index (χ2v) is 5.43. The summed E-state index contributed by atoms with van der Waals surface area (Å²) in [6.07, 6.45) is 0. The number of benzene rings is 2. The van der Waals surface area contributed by atoms with Gasteiger partial charge in [-0.1, -0.05) is 18.2 Å². The van der Waals surface area contributed by atoms with Crippen molar-refractivity contribution in [3.8, 4) is 11.5 Å². The fourth-order valence-corrected chi connectivity index (χ4v) is 2.60. The molecule has 1 aliphatic rings. The Balaban J connectivity index is 1.75. The maximum absolute atomic E-state index is 12.5. The van der Waals surface area contributed by atoms with Crippen molar-refractivity contribution in [2.45, 2.75) is 6.92 Å². The molecule has 0 aliphatic carbocycles. The first kappa shape index (κ1) is 14.6. The maximum Gasteiger partial charge on any atom is 0.254 e. The van der Waals surface area contributed by atoms with E-state index in [2.05, 4.69) is 5.32 Å². The smallest absolute Gasteiger partial charge is 0.254 e. The van der Waals surface area contributed by atoms with Gasteiger partial charge in [-0.2, -0.15) is 0 Å². The standard InChI is InChI=1S/C18H20N2O2/c1-14-13-16(22-15-5-3-2-4-6-15)7-8-17(14)18(21)20-11-9-19-10-12-20/h2-8,13,19H,9-12H2,1H3. The van der Waals surface area contributed by atoms with E-state index in [4.69, 9.17) is 4.74 Å². The van der Waals surface area contributed by atoms with E-state index in [1.54, 1.807) is 0 Å². The van der Waals surface area contributed by atoms with Gasteiger partial charge in [0.15, 0.2) is 0 Å². The Labute approximate surface area is 130 Å². The van der Waals surface area contributed by atoms with Gasteiger partial charge in [0, 0.05) is 31.7 Å². The summed E-state index contributed by atoms with van der Waals surface area (Å²) in [6.45, 7) is 5.20. The molecule has 4 nitrogen and oxygen atoms in total. The lowest BCUT2D eigenvalue weighted by atomic mass is 10.1. The Hall–Kier alpha value is -2.33. The fourth-order valence-electron chi connectivity index (χ4n) is 2.60. The van der Waals surface area contributed by atoms with Crippen LogP contribution in [-0.2, 0) is 0 Å². The average molecular weight is 296 g/mol. The van der Waals surface area contributed by atoms with Gasteiger partial charge in [0.25, 0.3) is 5.91 Å². The third-order valence-corrected chi connectivity index (χ3v) is 3.81. The van der Waals surface area contributed by atoms with E-state index in [-0.39, 0.29) is 5.91 Å². The molecular weight excluding hydrogens is 276 g/mol. The van der Waals surface area contributed by atoms with Crippen LogP contribution in [0.25, 0.3) is 0 Å². The molecule has 0 atom stereocenters. The number of nitrogens with zero attached hydrogens (tertiary/aromatic N) is 1. The van der Waals surface area contributed by atoms with Gasteiger partial charge in [-0.3, -0.25) is 4.79 Å². The maximum atomic E-state index is 12.5. The molecule has 0 saturated carbocycles. The predicted octanol–water partition coefficient (Wildman–Crippen LogP) is 2.83. The number of hydrogen-bond donors (Lipinski definition) is 1. The Bertz CT molecular complexity index is 649. The Kier molecular flexibility index (Phi) is 4.39. The van der Waals surface area contributed by atoms with Crippen LogP contribution < -0.4 is 10.1 Å². The van der Waals surface area contributed by atoms with Crippen LogP contribution in [0.15, 0.2) is 48.5 Å². The van der Waals surface area contributed by atoms with Gasteiger partial charge in [-0.15, -0.1) is 0 Å².